The number of benzene rings is 2. The Hall–Kier alpha value is -3.03. The van der Waals surface area contributed by atoms with Gasteiger partial charge in [0.25, 0.3) is 0 Å². The summed E-state index contributed by atoms with van der Waals surface area (Å²) in [7, 11) is 0. The molecule has 0 saturated carbocycles. The van der Waals surface area contributed by atoms with Gasteiger partial charge < -0.3 is 19.3 Å². The van der Waals surface area contributed by atoms with Crippen LogP contribution in [0.25, 0.3) is 22.0 Å². The van der Waals surface area contributed by atoms with E-state index in [0.29, 0.717) is 24.5 Å². The lowest BCUT2D eigenvalue weighted by atomic mass is 9.88. The van der Waals surface area contributed by atoms with Crippen LogP contribution in [0, 0.1) is 11.2 Å². The average Bonchev–Trinajstić information content (AvgIpc) is 3.10. The number of amides is 1. The third kappa shape index (κ3) is 5.55. The first-order valence-corrected chi connectivity index (χ1v) is 15.1. The van der Waals surface area contributed by atoms with Crippen LogP contribution in [-0.4, -0.2) is 71.3 Å². The molecule has 1 aromatic heterocycles. The molecule has 0 N–H and O–H groups in total. The van der Waals surface area contributed by atoms with Crippen LogP contribution in [0.3, 0.4) is 0 Å². The average molecular weight is 641 g/mol. The van der Waals surface area contributed by atoms with Gasteiger partial charge in [0.2, 0.25) is 0 Å². The van der Waals surface area contributed by atoms with Crippen molar-refractivity contribution in [2.45, 2.75) is 44.0 Å². The number of nitrogens with zero attached hydrogens (tertiary/aromatic N) is 4. The highest BCUT2D eigenvalue weighted by Gasteiger charge is 2.44. The largest absolute Gasteiger partial charge is 0.444 e. The van der Waals surface area contributed by atoms with Gasteiger partial charge in [0, 0.05) is 59.7 Å². The van der Waals surface area contributed by atoms with E-state index in [4.69, 9.17) is 21.1 Å². The molecule has 230 valence electrons. The van der Waals surface area contributed by atoms with Crippen molar-refractivity contribution in [3.8, 4) is 11.1 Å². The van der Waals surface area contributed by atoms with Gasteiger partial charge >= 0.3 is 18.0 Å². The van der Waals surface area contributed by atoms with Crippen LogP contribution in [0.2, 0.25) is 5.02 Å². The van der Waals surface area contributed by atoms with Crippen molar-refractivity contribution >= 4 is 46.2 Å². The summed E-state index contributed by atoms with van der Waals surface area (Å²) in [6.07, 6.45) is -5.28. The predicted octanol–water partition coefficient (Wildman–Crippen LogP) is 6.05. The van der Waals surface area contributed by atoms with Crippen molar-refractivity contribution in [2.75, 3.05) is 50.0 Å². The Kier molecular flexibility index (Phi) is 7.37. The van der Waals surface area contributed by atoms with E-state index in [2.05, 4.69) is 4.98 Å². The first-order valence-electron chi connectivity index (χ1n) is 13.7. The van der Waals surface area contributed by atoms with E-state index < -0.39 is 40.4 Å². The molecule has 3 aliphatic heterocycles. The van der Waals surface area contributed by atoms with Crippen molar-refractivity contribution in [1.29, 1.82) is 0 Å². The number of alkyl halides is 3. The normalized spacial score (nSPS) is 18.5. The van der Waals surface area contributed by atoms with Crippen LogP contribution >= 0.6 is 23.4 Å². The number of anilines is 1. The third-order valence-corrected chi connectivity index (χ3v) is 9.51. The number of carbonyl (C=O) groups excluding carboxylic acids is 1. The van der Waals surface area contributed by atoms with E-state index in [0.717, 1.165) is 12.1 Å². The molecule has 2 saturated heterocycles. The molecule has 0 aliphatic carbocycles. The quantitative estimate of drug-likeness (QED) is 0.316. The Morgan fingerprint density at radius 3 is 2.40 bits per heavy atom. The molecule has 4 heterocycles. The van der Waals surface area contributed by atoms with Gasteiger partial charge in [-0.05, 0) is 44.5 Å². The zero-order valence-electron chi connectivity index (χ0n) is 23.7. The smallest absolute Gasteiger partial charge is 0.417 e. The standard InChI is InChI=1S/C29H29ClF4N4O4S/c1-27(2,3)42-26(40)37-8-6-36(7-9-37)24-17-11-18(29(32,33)34)21(16-4-5-20(31)19(30)10-16)23-22(17)38(25(39)35-24)12-28(15-43-23)13-41-14-28/h4-5,10-11H,6-9,12-15H2,1-3H3. The minimum Gasteiger partial charge on any atom is -0.444 e. The number of thioether (sulfide) groups is 1. The predicted molar refractivity (Wildman–Crippen MR) is 155 cm³/mol. The topological polar surface area (TPSA) is 76.9 Å². The summed E-state index contributed by atoms with van der Waals surface area (Å²) >= 11 is 7.26. The summed E-state index contributed by atoms with van der Waals surface area (Å²) in [5, 5.41) is -0.134. The molecule has 14 heteroatoms. The molecular weight excluding hydrogens is 612 g/mol. The van der Waals surface area contributed by atoms with Crippen LogP contribution < -0.4 is 10.6 Å². The molecule has 0 bridgehead atoms. The van der Waals surface area contributed by atoms with Crippen molar-refractivity contribution in [2.24, 2.45) is 5.41 Å². The fraction of sp³-hybridized carbons (Fsp3) is 0.483. The summed E-state index contributed by atoms with van der Waals surface area (Å²) in [4.78, 5) is 34.1. The minimum atomic E-state index is -4.79. The molecule has 43 heavy (non-hydrogen) atoms. The summed E-state index contributed by atoms with van der Waals surface area (Å²) in [6, 6.07) is 4.51. The van der Waals surface area contributed by atoms with Crippen LogP contribution in [0.15, 0.2) is 34.0 Å². The number of hydrogen-bond acceptors (Lipinski definition) is 7. The fourth-order valence-corrected chi connectivity index (χ4v) is 7.30. The molecule has 2 fully saturated rings. The number of rotatable bonds is 2. The third-order valence-electron chi connectivity index (χ3n) is 7.78. The second kappa shape index (κ2) is 10.6. The van der Waals surface area contributed by atoms with E-state index in [1.54, 1.807) is 25.7 Å². The lowest BCUT2D eigenvalue weighted by Gasteiger charge is -2.40. The summed E-state index contributed by atoms with van der Waals surface area (Å²) in [6.45, 7) is 7.20. The van der Waals surface area contributed by atoms with Gasteiger partial charge in [0.1, 0.15) is 17.2 Å². The lowest BCUT2D eigenvalue weighted by molar-refractivity contribution is -0.137. The van der Waals surface area contributed by atoms with Crippen LogP contribution in [0.4, 0.5) is 28.2 Å². The van der Waals surface area contributed by atoms with Gasteiger partial charge in [-0.1, -0.05) is 17.7 Å². The number of carbonyl (C=O) groups is 1. The molecule has 6 rings (SSSR count). The maximum Gasteiger partial charge on any atom is 0.417 e. The fourth-order valence-electron chi connectivity index (χ4n) is 5.68. The molecule has 8 nitrogen and oxygen atoms in total. The molecule has 0 unspecified atom stereocenters. The molecule has 1 amide bonds. The Morgan fingerprint density at radius 2 is 1.81 bits per heavy atom. The molecule has 2 aromatic carbocycles. The highest BCUT2D eigenvalue weighted by molar-refractivity contribution is 7.99. The number of ether oxygens (including phenoxy) is 2. The summed E-state index contributed by atoms with van der Waals surface area (Å²) in [5.41, 5.74) is -2.39. The van der Waals surface area contributed by atoms with Gasteiger partial charge in [-0.2, -0.15) is 18.2 Å². The second-order valence-corrected chi connectivity index (χ2v) is 13.6. The van der Waals surface area contributed by atoms with Gasteiger partial charge in [-0.15, -0.1) is 11.8 Å². The number of piperazine rings is 1. The number of aromatic nitrogens is 2. The van der Waals surface area contributed by atoms with E-state index in [1.165, 1.54) is 33.4 Å². The minimum absolute atomic E-state index is 0.0901. The van der Waals surface area contributed by atoms with Gasteiger partial charge in [-0.3, -0.25) is 4.57 Å². The monoisotopic (exact) mass is 640 g/mol. The Labute approximate surface area is 253 Å². The second-order valence-electron chi connectivity index (χ2n) is 12.2. The van der Waals surface area contributed by atoms with Gasteiger partial charge in [0.15, 0.2) is 0 Å². The Bertz CT molecular complexity index is 1680. The van der Waals surface area contributed by atoms with Crippen LogP contribution in [0.1, 0.15) is 26.3 Å². The summed E-state index contributed by atoms with van der Waals surface area (Å²) in [5.74, 6) is -0.217. The SMILES string of the molecule is CC(C)(C)OC(=O)N1CCN(c2nc(=O)n3c4c(c(-c5ccc(F)c(Cl)c5)c(C(F)(F)F)cc24)SCC2(COC2)C3)CC1. The number of halogens is 5. The Balaban J connectivity index is 1.53. The van der Waals surface area contributed by atoms with Gasteiger partial charge in [-0.25, -0.2) is 14.0 Å². The molecule has 1 spiro atoms. The highest BCUT2D eigenvalue weighted by atomic mass is 35.5. The Morgan fingerprint density at radius 1 is 1.12 bits per heavy atom. The molecule has 0 atom stereocenters. The van der Waals surface area contributed by atoms with Crippen LogP contribution in [-0.2, 0) is 22.2 Å². The zero-order chi connectivity index (χ0) is 30.9. The maximum atomic E-state index is 14.8. The number of hydrogen-bond donors (Lipinski definition) is 0. The highest BCUT2D eigenvalue weighted by Crippen LogP contribution is 2.51. The van der Waals surface area contributed by atoms with E-state index >= 15 is 0 Å². The molecule has 3 aliphatic rings. The van der Waals surface area contributed by atoms with Crippen molar-refractivity contribution in [3.05, 3.63) is 51.2 Å². The summed E-state index contributed by atoms with van der Waals surface area (Å²) < 4.78 is 71.0. The van der Waals surface area contributed by atoms with Crippen molar-refractivity contribution < 1.29 is 31.8 Å². The van der Waals surface area contributed by atoms with E-state index in [1.807, 2.05) is 0 Å². The van der Waals surface area contributed by atoms with Crippen molar-refractivity contribution in [3.63, 3.8) is 0 Å². The maximum absolute atomic E-state index is 14.8. The zero-order valence-corrected chi connectivity index (χ0v) is 25.3. The first-order chi connectivity index (χ1) is 20.2. The molecule has 0 radical (unpaired) electrons. The van der Waals surface area contributed by atoms with E-state index in [9.17, 15) is 27.2 Å². The molecule has 3 aromatic rings. The first kappa shape index (κ1) is 30.0. The lowest BCUT2D eigenvalue weighted by Crippen LogP contribution is -2.51. The van der Waals surface area contributed by atoms with Crippen LogP contribution in [0.5, 0.6) is 0 Å². The van der Waals surface area contributed by atoms with Crippen molar-refractivity contribution in [1.82, 2.24) is 14.5 Å². The van der Waals surface area contributed by atoms with Gasteiger partial charge in [0.05, 0.1) is 29.3 Å². The molecular formula is C29H29ClF4N4O4S. The van der Waals surface area contributed by atoms with E-state index in [-0.39, 0.29) is 65.0 Å².